The summed E-state index contributed by atoms with van der Waals surface area (Å²) in [6, 6.07) is 0. The Morgan fingerprint density at radius 1 is 0.469 bits per heavy atom. The number of carboxylic acid groups (broad SMARTS) is 6. The molecule has 32 heavy (non-hydrogen) atoms. The average Bonchev–Trinajstić information content (AvgIpc) is 2.70. The summed E-state index contributed by atoms with van der Waals surface area (Å²) in [7, 11) is 0. The van der Waals surface area contributed by atoms with Crippen LogP contribution < -0.4 is 5.73 Å². The Kier molecular flexibility index (Phi) is 23.8. The first-order valence-corrected chi connectivity index (χ1v) is 7.60. The van der Waals surface area contributed by atoms with E-state index in [4.69, 9.17) is 51.7 Å². The van der Waals surface area contributed by atoms with Crippen LogP contribution in [0.15, 0.2) is 36.5 Å². The number of hydrogen-bond acceptors (Lipinski definition) is 10. The van der Waals surface area contributed by atoms with Crippen LogP contribution in [-0.4, -0.2) is 107 Å². The second-order valence-electron chi connectivity index (χ2n) is 4.87. The van der Waals surface area contributed by atoms with Crippen molar-refractivity contribution in [1.82, 2.24) is 0 Å². The van der Waals surface area contributed by atoms with Gasteiger partial charge < -0.3 is 51.7 Å². The molecule has 0 saturated carbocycles. The van der Waals surface area contributed by atoms with Crippen LogP contribution in [0.25, 0.3) is 0 Å². The molecular formula is C16H23NO15. The summed E-state index contributed by atoms with van der Waals surface area (Å²) >= 11 is 0. The highest BCUT2D eigenvalue weighted by molar-refractivity contribution is 5.90. The summed E-state index contributed by atoms with van der Waals surface area (Å²) < 4.78 is 0. The van der Waals surface area contributed by atoms with Gasteiger partial charge in [0.2, 0.25) is 0 Å². The predicted molar refractivity (Wildman–Crippen MR) is 101 cm³/mol. The number of aliphatic hydroxyl groups is 3. The number of nitrogens with two attached hydrogens (primary N) is 1. The van der Waals surface area contributed by atoms with Crippen molar-refractivity contribution in [2.45, 2.75) is 5.54 Å². The smallest absolute Gasteiger partial charge is 0.328 e. The Balaban J connectivity index is -0.000000163. The Bertz CT molecular complexity index is 567. The summed E-state index contributed by atoms with van der Waals surface area (Å²) in [6.07, 6.45) is 3.35. The molecule has 0 aromatic rings. The van der Waals surface area contributed by atoms with Gasteiger partial charge in [-0.25, -0.2) is 28.8 Å². The first kappa shape index (κ1) is 35.3. The van der Waals surface area contributed by atoms with Crippen LogP contribution in [0.1, 0.15) is 0 Å². The van der Waals surface area contributed by atoms with Gasteiger partial charge in [-0.2, -0.15) is 0 Å². The summed E-state index contributed by atoms with van der Waals surface area (Å²) in [5.74, 6) is -7.54. The van der Waals surface area contributed by atoms with Crippen LogP contribution in [0.4, 0.5) is 0 Å². The average molecular weight is 469 g/mol. The SMILES string of the molecule is NC(CO)(CO)CO.O=C(O)/C=C\C(=O)O.O=C(O)/C=C\C(=O)O.O=C(O)/C=C\C(=O)O. The van der Waals surface area contributed by atoms with E-state index in [2.05, 4.69) is 0 Å². The fourth-order valence-corrected chi connectivity index (χ4v) is 0.578. The van der Waals surface area contributed by atoms with Crippen molar-refractivity contribution in [2.75, 3.05) is 19.8 Å². The Hall–Kier alpha value is -4.12. The molecule has 0 saturated heterocycles. The van der Waals surface area contributed by atoms with E-state index in [0.717, 1.165) is 0 Å². The second kappa shape index (κ2) is 21.6. The van der Waals surface area contributed by atoms with Crippen molar-refractivity contribution in [3.63, 3.8) is 0 Å². The summed E-state index contributed by atoms with van der Waals surface area (Å²) in [5.41, 5.74) is 3.94. The molecule has 16 nitrogen and oxygen atoms in total. The molecule has 0 rings (SSSR count). The molecule has 11 N–H and O–H groups in total. The van der Waals surface area contributed by atoms with Crippen LogP contribution in [0, 0.1) is 0 Å². The van der Waals surface area contributed by atoms with Gasteiger partial charge in [-0.1, -0.05) is 0 Å². The van der Waals surface area contributed by atoms with E-state index in [1.54, 1.807) is 0 Å². The number of hydrogen-bond donors (Lipinski definition) is 10. The maximum absolute atomic E-state index is 9.55. The molecule has 0 bridgehead atoms. The monoisotopic (exact) mass is 469 g/mol. The molecule has 0 radical (unpaired) electrons. The minimum atomic E-state index is -1.26. The van der Waals surface area contributed by atoms with Gasteiger partial charge >= 0.3 is 35.8 Å². The van der Waals surface area contributed by atoms with Gasteiger partial charge in [0.15, 0.2) is 0 Å². The van der Waals surface area contributed by atoms with Crippen molar-refractivity contribution >= 4 is 35.8 Å². The zero-order chi connectivity index (χ0) is 26.3. The second-order valence-corrected chi connectivity index (χ2v) is 4.87. The van der Waals surface area contributed by atoms with Crippen LogP contribution in [-0.2, 0) is 28.8 Å². The van der Waals surface area contributed by atoms with Gasteiger partial charge in [-0.3, -0.25) is 0 Å². The number of carbonyl (C=O) groups is 6. The van der Waals surface area contributed by atoms with Crippen molar-refractivity contribution in [1.29, 1.82) is 0 Å². The van der Waals surface area contributed by atoms with E-state index in [9.17, 15) is 28.8 Å². The van der Waals surface area contributed by atoms with Gasteiger partial charge in [0.25, 0.3) is 0 Å². The third-order valence-electron chi connectivity index (χ3n) is 2.05. The molecular weight excluding hydrogens is 446 g/mol. The highest BCUT2D eigenvalue weighted by Crippen LogP contribution is 1.93. The van der Waals surface area contributed by atoms with Gasteiger partial charge in [-0.15, -0.1) is 0 Å². The lowest BCUT2D eigenvalue weighted by Gasteiger charge is -2.20. The van der Waals surface area contributed by atoms with E-state index < -0.39 is 61.2 Å². The molecule has 0 aromatic carbocycles. The van der Waals surface area contributed by atoms with Gasteiger partial charge in [0, 0.05) is 36.5 Å². The molecule has 16 heteroatoms. The lowest BCUT2D eigenvalue weighted by molar-refractivity contribution is -0.134. The zero-order valence-corrected chi connectivity index (χ0v) is 16.1. The Morgan fingerprint density at radius 2 is 0.594 bits per heavy atom. The molecule has 0 amide bonds. The molecule has 0 aliphatic rings. The van der Waals surface area contributed by atoms with E-state index >= 15 is 0 Å². The molecule has 0 aromatic heterocycles. The van der Waals surface area contributed by atoms with Crippen LogP contribution >= 0.6 is 0 Å². The Morgan fingerprint density at radius 3 is 0.625 bits per heavy atom. The third-order valence-corrected chi connectivity index (χ3v) is 2.05. The standard InChI is InChI=1S/C4H11NO3.3C4H4O4/c5-4(1-6,2-7)3-8;3*5-3(6)1-2-4(7)8/h6-8H,1-3,5H2;3*1-2H,(H,5,6)(H,7,8)/b;3*2-1-. The first-order valence-electron chi connectivity index (χ1n) is 7.60. The molecule has 0 spiro atoms. The molecule has 0 unspecified atom stereocenters. The van der Waals surface area contributed by atoms with Gasteiger partial charge in [0.1, 0.15) is 0 Å². The van der Waals surface area contributed by atoms with Crippen LogP contribution in [0.3, 0.4) is 0 Å². The summed E-state index contributed by atoms with van der Waals surface area (Å²) in [4.78, 5) is 57.3. The fourth-order valence-electron chi connectivity index (χ4n) is 0.578. The zero-order valence-electron chi connectivity index (χ0n) is 16.1. The normalized spacial score (nSPS) is 10.1. The molecule has 0 heterocycles. The fraction of sp³-hybridized carbons (Fsp3) is 0.250. The van der Waals surface area contributed by atoms with Gasteiger partial charge in [0.05, 0.1) is 25.4 Å². The molecule has 182 valence electrons. The lowest BCUT2D eigenvalue weighted by atomic mass is 10.1. The molecule has 0 aliphatic carbocycles. The molecule has 0 atom stereocenters. The highest BCUT2D eigenvalue weighted by Gasteiger charge is 2.20. The highest BCUT2D eigenvalue weighted by atomic mass is 16.4. The van der Waals surface area contributed by atoms with Crippen molar-refractivity contribution in [3.05, 3.63) is 36.5 Å². The predicted octanol–water partition coefficient (Wildman–Crippen LogP) is -3.20. The topological polar surface area (TPSA) is 311 Å². The summed E-state index contributed by atoms with van der Waals surface area (Å²) in [6.45, 7) is -1.21. The van der Waals surface area contributed by atoms with E-state index in [1.807, 2.05) is 0 Å². The van der Waals surface area contributed by atoms with E-state index in [-0.39, 0.29) is 0 Å². The van der Waals surface area contributed by atoms with Crippen molar-refractivity contribution < 1.29 is 74.7 Å². The Labute approximate surface area is 179 Å². The number of carboxylic acids is 6. The van der Waals surface area contributed by atoms with Gasteiger partial charge in [-0.05, 0) is 0 Å². The van der Waals surface area contributed by atoms with E-state index in [1.165, 1.54) is 0 Å². The van der Waals surface area contributed by atoms with Crippen LogP contribution in [0.2, 0.25) is 0 Å². The first-order chi connectivity index (χ1) is 14.6. The largest absolute Gasteiger partial charge is 0.478 e. The number of aliphatic carboxylic acids is 6. The third kappa shape index (κ3) is 40.5. The maximum Gasteiger partial charge on any atom is 0.328 e. The minimum Gasteiger partial charge on any atom is -0.478 e. The lowest BCUT2D eigenvalue weighted by Crippen LogP contribution is -2.50. The van der Waals surface area contributed by atoms with Crippen LogP contribution in [0.5, 0.6) is 0 Å². The molecule has 0 fully saturated rings. The maximum atomic E-state index is 9.55. The summed E-state index contributed by atoms with van der Waals surface area (Å²) in [5, 5.41) is 71.9. The molecule has 0 aliphatic heterocycles. The minimum absolute atomic E-state index is 0.403. The van der Waals surface area contributed by atoms with E-state index in [0.29, 0.717) is 36.5 Å². The quantitative estimate of drug-likeness (QED) is 0.148. The number of aliphatic hydroxyl groups excluding tert-OH is 3. The van der Waals surface area contributed by atoms with Crippen molar-refractivity contribution in [2.24, 2.45) is 5.73 Å². The number of rotatable bonds is 9. The van der Waals surface area contributed by atoms with Crippen molar-refractivity contribution in [3.8, 4) is 0 Å².